The highest BCUT2D eigenvalue weighted by Gasteiger charge is 2.33. The van der Waals surface area contributed by atoms with E-state index >= 15 is 0 Å². The van der Waals surface area contributed by atoms with Gasteiger partial charge in [-0.3, -0.25) is 16.3 Å². The summed E-state index contributed by atoms with van der Waals surface area (Å²) < 4.78 is 5.41. The van der Waals surface area contributed by atoms with E-state index in [0.717, 1.165) is 23.5 Å². The van der Waals surface area contributed by atoms with E-state index in [1.807, 2.05) is 23.7 Å². The zero-order valence-corrected chi connectivity index (χ0v) is 11.6. The number of methoxy groups -OCH3 is 1. The number of nitrogens with two attached hydrogens (primary N) is 1. The molecule has 1 aliphatic carbocycles. The lowest BCUT2D eigenvalue weighted by Crippen LogP contribution is -2.31. The molecule has 0 amide bonds. The lowest BCUT2D eigenvalue weighted by atomic mass is 9.96. The fraction of sp³-hybridized carbons (Fsp3) is 0.357. The van der Waals surface area contributed by atoms with E-state index < -0.39 is 0 Å². The van der Waals surface area contributed by atoms with Gasteiger partial charge in [0.05, 0.1) is 18.0 Å². The van der Waals surface area contributed by atoms with Gasteiger partial charge in [-0.15, -0.1) is 11.3 Å². The molecule has 0 saturated carbocycles. The third-order valence-corrected chi connectivity index (χ3v) is 4.72. The van der Waals surface area contributed by atoms with Crippen molar-refractivity contribution < 1.29 is 4.74 Å². The summed E-state index contributed by atoms with van der Waals surface area (Å²) in [7, 11) is 1.69. The molecule has 2 atom stereocenters. The van der Waals surface area contributed by atoms with E-state index in [0.29, 0.717) is 5.92 Å². The Kier molecular flexibility index (Phi) is 3.50. The Morgan fingerprint density at radius 1 is 1.53 bits per heavy atom. The molecule has 2 unspecified atom stereocenters. The highest BCUT2D eigenvalue weighted by atomic mass is 32.1. The van der Waals surface area contributed by atoms with Crippen LogP contribution in [0.2, 0.25) is 0 Å². The number of nitrogens with one attached hydrogen (secondary N) is 1. The van der Waals surface area contributed by atoms with Crippen LogP contribution in [0.1, 0.15) is 34.5 Å². The Morgan fingerprint density at radius 3 is 3.21 bits per heavy atom. The van der Waals surface area contributed by atoms with Gasteiger partial charge < -0.3 is 4.74 Å². The van der Waals surface area contributed by atoms with Crippen LogP contribution in [-0.4, -0.2) is 12.1 Å². The SMILES string of the molecule is COc1ccsc1C(NN)C1CCc2cccnc21. The van der Waals surface area contributed by atoms with Crippen molar-refractivity contribution in [1.29, 1.82) is 0 Å². The highest BCUT2D eigenvalue weighted by molar-refractivity contribution is 7.10. The molecule has 2 heterocycles. The summed E-state index contributed by atoms with van der Waals surface area (Å²) in [6.07, 6.45) is 4.00. The number of hydrazine groups is 1. The van der Waals surface area contributed by atoms with E-state index in [1.54, 1.807) is 18.4 Å². The fourth-order valence-corrected chi connectivity index (χ4v) is 3.83. The van der Waals surface area contributed by atoms with Crippen molar-refractivity contribution in [3.63, 3.8) is 0 Å². The second-order valence-corrected chi connectivity index (χ2v) is 5.64. The van der Waals surface area contributed by atoms with Gasteiger partial charge >= 0.3 is 0 Å². The largest absolute Gasteiger partial charge is 0.496 e. The summed E-state index contributed by atoms with van der Waals surface area (Å²) in [5, 5.41) is 2.03. The second-order valence-electron chi connectivity index (χ2n) is 4.69. The van der Waals surface area contributed by atoms with Crippen molar-refractivity contribution in [2.24, 2.45) is 5.84 Å². The monoisotopic (exact) mass is 275 g/mol. The third-order valence-electron chi connectivity index (χ3n) is 3.74. The van der Waals surface area contributed by atoms with E-state index in [4.69, 9.17) is 10.6 Å². The van der Waals surface area contributed by atoms with E-state index in [-0.39, 0.29) is 6.04 Å². The van der Waals surface area contributed by atoms with Gasteiger partial charge in [-0.05, 0) is 35.9 Å². The second kappa shape index (κ2) is 5.28. The number of hydrogen-bond acceptors (Lipinski definition) is 5. The maximum Gasteiger partial charge on any atom is 0.134 e. The first-order valence-electron chi connectivity index (χ1n) is 6.36. The lowest BCUT2D eigenvalue weighted by molar-refractivity contribution is 0.389. The summed E-state index contributed by atoms with van der Waals surface area (Å²) in [6.45, 7) is 0. The Balaban J connectivity index is 1.97. The molecule has 2 aromatic heterocycles. The standard InChI is InChI=1S/C14H17N3OS/c1-18-11-6-8-19-14(11)13(17-15)10-5-4-9-3-2-7-16-12(9)10/h2-3,6-8,10,13,17H,4-5,15H2,1H3. The van der Waals surface area contributed by atoms with Crippen LogP contribution in [0.5, 0.6) is 5.75 Å². The number of pyridine rings is 1. The number of ether oxygens (including phenoxy) is 1. The molecular formula is C14H17N3OS. The molecule has 4 nitrogen and oxygen atoms in total. The molecular weight excluding hydrogens is 258 g/mol. The van der Waals surface area contributed by atoms with Crippen molar-refractivity contribution in [2.75, 3.05) is 7.11 Å². The summed E-state index contributed by atoms with van der Waals surface area (Å²) in [5.74, 6) is 7.01. The average Bonchev–Trinajstić information content (AvgIpc) is 3.07. The summed E-state index contributed by atoms with van der Waals surface area (Å²) in [6, 6.07) is 6.20. The molecule has 2 aromatic rings. The molecule has 3 N–H and O–H groups in total. The molecule has 0 spiro atoms. The number of aryl methyl sites for hydroxylation is 1. The van der Waals surface area contributed by atoms with Gasteiger partial charge in [-0.2, -0.15) is 0 Å². The molecule has 5 heteroatoms. The van der Waals surface area contributed by atoms with Crippen LogP contribution in [0, 0.1) is 0 Å². The fourth-order valence-electron chi connectivity index (χ4n) is 2.85. The van der Waals surface area contributed by atoms with Crippen LogP contribution in [0.4, 0.5) is 0 Å². The van der Waals surface area contributed by atoms with Crippen molar-refractivity contribution in [3.8, 4) is 5.75 Å². The number of fused-ring (bicyclic) bond motifs is 1. The first-order valence-corrected chi connectivity index (χ1v) is 7.24. The summed E-state index contributed by atoms with van der Waals surface area (Å²) in [4.78, 5) is 5.69. The van der Waals surface area contributed by atoms with Gasteiger partial charge in [0.15, 0.2) is 0 Å². The molecule has 3 rings (SSSR count). The molecule has 0 saturated heterocycles. The predicted molar refractivity (Wildman–Crippen MR) is 76.2 cm³/mol. The van der Waals surface area contributed by atoms with Crippen LogP contribution in [0.3, 0.4) is 0 Å². The Morgan fingerprint density at radius 2 is 2.42 bits per heavy atom. The average molecular weight is 275 g/mol. The van der Waals surface area contributed by atoms with Crippen molar-refractivity contribution in [2.45, 2.75) is 24.8 Å². The predicted octanol–water partition coefficient (Wildman–Crippen LogP) is 2.39. The zero-order chi connectivity index (χ0) is 13.2. The first-order chi connectivity index (χ1) is 9.35. The number of thiophene rings is 1. The van der Waals surface area contributed by atoms with Gasteiger partial charge in [-0.25, -0.2) is 0 Å². The normalized spacial score (nSPS) is 19.2. The Bertz CT molecular complexity index is 569. The number of nitrogens with zero attached hydrogens (tertiary/aromatic N) is 1. The molecule has 100 valence electrons. The van der Waals surface area contributed by atoms with E-state index in [9.17, 15) is 0 Å². The first kappa shape index (κ1) is 12.6. The molecule has 0 aromatic carbocycles. The molecule has 19 heavy (non-hydrogen) atoms. The number of aromatic nitrogens is 1. The van der Waals surface area contributed by atoms with Crippen molar-refractivity contribution in [1.82, 2.24) is 10.4 Å². The van der Waals surface area contributed by atoms with E-state index in [1.165, 1.54) is 11.3 Å². The Labute approximate surface area is 116 Å². The minimum absolute atomic E-state index is 0.0612. The smallest absolute Gasteiger partial charge is 0.134 e. The van der Waals surface area contributed by atoms with Gasteiger partial charge in [-0.1, -0.05) is 6.07 Å². The number of hydrogen-bond donors (Lipinski definition) is 2. The molecule has 1 aliphatic rings. The third kappa shape index (κ3) is 2.14. The summed E-state index contributed by atoms with van der Waals surface area (Å²) in [5.41, 5.74) is 5.46. The maximum atomic E-state index is 5.80. The van der Waals surface area contributed by atoms with Crippen LogP contribution >= 0.6 is 11.3 Å². The van der Waals surface area contributed by atoms with E-state index in [2.05, 4.69) is 16.5 Å². The van der Waals surface area contributed by atoms with Gasteiger partial charge in [0.1, 0.15) is 5.75 Å². The molecule has 0 aliphatic heterocycles. The van der Waals surface area contributed by atoms with Crippen molar-refractivity contribution >= 4 is 11.3 Å². The zero-order valence-electron chi connectivity index (χ0n) is 10.8. The van der Waals surface area contributed by atoms with Crippen LogP contribution in [0.15, 0.2) is 29.8 Å². The van der Waals surface area contributed by atoms with Gasteiger partial charge in [0, 0.05) is 17.8 Å². The maximum absolute atomic E-state index is 5.80. The molecule has 0 fully saturated rings. The van der Waals surface area contributed by atoms with Crippen molar-refractivity contribution in [3.05, 3.63) is 45.9 Å². The topological polar surface area (TPSA) is 60.2 Å². The van der Waals surface area contributed by atoms with Crippen LogP contribution in [0.25, 0.3) is 0 Å². The lowest BCUT2D eigenvalue weighted by Gasteiger charge is -2.22. The minimum atomic E-state index is 0.0612. The highest BCUT2D eigenvalue weighted by Crippen LogP contribution is 2.44. The van der Waals surface area contributed by atoms with Crippen LogP contribution < -0.4 is 16.0 Å². The quantitative estimate of drug-likeness (QED) is 0.664. The van der Waals surface area contributed by atoms with Gasteiger partial charge in [0.2, 0.25) is 0 Å². The molecule has 0 bridgehead atoms. The minimum Gasteiger partial charge on any atom is -0.496 e. The summed E-state index contributed by atoms with van der Waals surface area (Å²) >= 11 is 1.67. The number of rotatable bonds is 4. The van der Waals surface area contributed by atoms with Crippen LogP contribution in [-0.2, 0) is 6.42 Å². The van der Waals surface area contributed by atoms with Gasteiger partial charge in [0.25, 0.3) is 0 Å². The molecule has 0 radical (unpaired) electrons. The Hall–Kier alpha value is -1.43.